The number of hydrogen-bond acceptors (Lipinski definition) is 25. The predicted octanol–water partition coefficient (Wildman–Crippen LogP) is 14.9. The summed E-state index contributed by atoms with van der Waals surface area (Å²) in [5.41, 5.74) is 13.1. The van der Waals surface area contributed by atoms with Crippen molar-refractivity contribution < 1.29 is 82.8 Å². The van der Waals surface area contributed by atoms with Gasteiger partial charge in [-0.05, 0) is 224 Å². The molecule has 0 atom stereocenters. The van der Waals surface area contributed by atoms with Crippen LogP contribution in [0.3, 0.4) is 0 Å². The van der Waals surface area contributed by atoms with E-state index in [-0.39, 0.29) is 114 Å². The van der Waals surface area contributed by atoms with Crippen LogP contribution in [0.4, 0.5) is 5.82 Å². The molecule has 0 spiro atoms. The van der Waals surface area contributed by atoms with Gasteiger partial charge in [0.25, 0.3) is 30.1 Å². The molecule has 0 amide bonds. The Morgan fingerprint density at radius 2 is 0.929 bits per heavy atom. The van der Waals surface area contributed by atoms with Crippen LogP contribution in [0.1, 0.15) is 175 Å². The molecule has 0 bridgehead atoms. The Labute approximate surface area is 784 Å². The molecule has 14 aromatic heterocycles. The summed E-state index contributed by atoms with van der Waals surface area (Å²) in [6.45, 7) is 42.8. The summed E-state index contributed by atoms with van der Waals surface area (Å²) in [5, 5.41) is 28.7. The number of benzene rings is 3. The molecule has 0 aliphatic carbocycles. The summed E-state index contributed by atoms with van der Waals surface area (Å²) in [7, 11) is -11.9. The molecule has 17 aromatic rings. The summed E-state index contributed by atoms with van der Waals surface area (Å²) < 4.78 is 124. The minimum atomic E-state index is -3.88. The number of aromatic amines is 1. The third-order valence-electron chi connectivity index (χ3n) is 20.8. The molecular formula is C86H97B2Cl2IN20NaO12S3. The first-order valence-electron chi connectivity index (χ1n) is 40.6. The number of hydrogen-bond donors (Lipinski definition) is 2. The van der Waals surface area contributed by atoms with Crippen LogP contribution in [-0.4, -0.2) is 148 Å². The molecule has 32 nitrogen and oxygen atoms in total. The summed E-state index contributed by atoms with van der Waals surface area (Å²) in [6.07, 6.45) is 1.72. The van der Waals surface area contributed by atoms with Crippen molar-refractivity contribution in [1.82, 2.24) is 85.6 Å². The van der Waals surface area contributed by atoms with Crippen LogP contribution in [0.2, 0.25) is 10.6 Å². The van der Waals surface area contributed by atoms with Gasteiger partial charge in [0.05, 0.1) is 53.2 Å². The second kappa shape index (κ2) is 38.4. The molecule has 3 aromatic carbocycles. The van der Waals surface area contributed by atoms with E-state index < -0.39 is 30.1 Å². The van der Waals surface area contributed by atoms with Crippen LogP contribution in [0.25, 0.3) is 84.2 Å². The first kappa shape index (κ1) is 96.1. The van der Waals surface area contributed by atoms with Crippen LogP contribution in [0, 0.1) is 75.2 Å². The van der Waals surface area contributed by atoms with Crippen LogP contribution < -0.4 is 40.6 Å². The smallest absolute Gasteiger partial charge is 0.870 e. The molecule has 15 heterocycles. The second-order valence-corrected chi connectivity index (χ2v) is 38.8. The maximum absolute atomic E-state index is 13.6. The molecule has 659 valence electrons. The van der Waals surface area contributed by atoms with Gasteiger partial charge in [-0.25, -0.2) is 52.1 Å². The van der Waals surface area contributed by atoms with E-state index in [2.05, 4.69) is 69.8 Å². The number of furan rings is 3. The Morgan fingerprint density at radius 3 is 1.36 bits per heavy atom. The van der Waals surface area contributed by atoms with Crippen molar-refractivity contribution in [3.8, 4) is 23.2 Å². The maximum atomic E-state index is 13.6. The molecule has 127 heavy (non-hydrogen) atoms. The van der Waals surface area contributed by atoms with Gasteiger partial charge in [-0.1, -0.05) is 108 Å². The number of H-pyrrole nitrogens is 1. The molecule has 1 aliphatic rings. The zero-order valence-electron chi connectivity index (χ0n) is 75.6. The number of rotatable bonds is 15. The van der Waals surface area contributed by atoms with Crippen LogP contribution in [0.15, 0.2) is 166 Å². The Hall–Kier alpha value is -9.97. The Bertz CT molecular complexity index is 7330. The quantitative estimate of drug-likeness (QED) is 0.0316. The minimum absolute atomic E-state index is 0. The van der Waals surface area contributed by atoms with Crippen molar-refractivity contribution in [3.63, 3.8) is 0 Å². The molecule has 0 unspecified atom stereocenters. The number of anilines is 1. The number of halogens is 3. The van der Waals surface area contributed by atoms with Gasteiger partial charge in [-0.15, -0.1) is 25.5 Å². The van der Waals surface area contributed by atoms with Crippen LogP contribution >= 0.6 is 45.6 Å². The van der Waals surface area contributed by atoms with Gasteiger partial charge in [0.2, 0.25) is 16.4 Å². The summed E-state index contributed by atoms with van der Waals surface area (Å²) in [5.74, 6) is 8.02. The largest absolute Gasteiger partial charge is 1.00 e. The monoisotopic (exact) mass is 1940 g/mol. The van der Waals surface area contributed by atoms with Gasteiger partial charge in [-0.3, -0.25) is 14.2 Å². The number of hydrazone groups is 1. The molecule has 1 aliphatic heterocycles. The molecule has 1 fully saturated rings. The predicted molar refractivity (Wildman–Crippen MR) is 499 cm³/mol. The fourth-order valence-electron chi connectivity index (χ4n) is 13.8. The first-order valence-corrected chi connectivity index (χ1v) is 46.3. The van der Waals surface area contributed by atoms with Crippen molar-refractivity contribution in [3.05, 3.63) is 218 Å². The fraction of sp³-hybridized carbons (Fsp3) is 0.326. The number of aryl methyl sites for hydroxylation is 10. The standard InChI is InChI=1S/C23H23N5O3S.C18H18ClN5O2S.C18H20ClN5O2S.C16H17N5O.C11H17BO3.BHI.Na.H2O/c1-13(2)20-25-26-22-18-12-15(4)28(32(29,30)17-9-6-14(3)7-10-17)21(18)24-23(27(20)22)19-11-8-16(5)31-19;1-10(2)15-21-22-17-14-9-12(4)24(16(14)20-18(19)23(15)17)27(25,26)13-7-5-11(3)6-8-13;1-11(2)10-20-23-16-15-9-13(4)24(17(15)22-18(19)21-16)27(25,26)14-7-5-12(3)6-8-14;1-8(2)13-18-15-11-7-9(3)17-14(11)19-16(21(15)20-13)12-6-5-10(4)22-12;1-8-6-7-9(13-8)12-14-10(2,3)11(4,5)15-12;1-2;;/h6-13H,1-5H3;5-10H,1-4H3;5-11H,1-4H3,(H,21,22,23);5-8,17H,1-4H3;6-7H,1-5H3;1H;;1H2/q;;;;;;+1;/p-1/b;;20-10+;;;;;/i;;;;;1D;;. The van der Waals surface area contributed by atoms with Crippen molar-refractivity contribution in [2.24, 2.45) is 11.0 Å². The Kier molecular flexibility index (Phi) is 29.0. The number of nitrogens with zero attached hydrogens (tertiary/aromatic N) is 18. The average molecular weight is 1940 g/mol. The van der Waals surface area contributed by atoms with E-state index >= 15 is 0 Å². The normalized spacial score (nSPS) is 13.4. The molecule has 1 radical (unpaired) electrons. The Balaban J connectivity index is 0.000000156. The van der Waals surface area contributed by atoms with Crippen molar-refractivity contribution in [2.45, 2.75) is 196 Å². The topological polar surface area (TPSA) is 400 Å². The van der Waals surface area contributed by atoms with Gasteiger partial charge in [0, 0.05) is 46.7 Å². The van der Waals surface area contributed by atoms with Crippen molar-refractivity contribution in [2.75, 3.05) is 5.43 Å². The van der Waals surface area contributed by atoms with E-state index in [4.69, 9.17) is 62.0 Å². The Morgan fingerprint density at radius 1 is 0.504 bits per heavy atom. The molecule has 3 N–H and O–H groups in total. The van der Waals surface area contributed by atoms with Gasteiger partial charge in [-0.2, -0.15) is 46.9 Å². The van der Waals surface area contributed by atoms with Gasteiger partial charge in [0.15, 0.2) is 68.5 Å². The zero-order valence-corrected chi connectivity index (χ0v) is 82.7. The van der Waals surface area contributed by atoms with E-state index in [1.54, 1.807) is 127 Å². The number of fused-ring (bicyclic) bond motifs is 10. The molecule has 0 saturated carbocycles. The van der Waals surface area contributed by atoms with Crippen molar-refractivity contribution in [1.29, 1.82) is 1.34 Å². The molecule has 41 heteroatoms. The maximum Gasteiger partial charge on any atom is 1.00 e. The number of aromatic nitrogens is 18. The van der Waals surface area contributed by atoms with Gasteiger partial charge >= 0.3 is 36.7 Å². The zero-order chi connectivity index (χ0) is 91.5. The van der Waals surface area contributed by atoms with E-state index in [0.717, 1.165) is 73.7 Å². The SMILES string of the molecule is Cc1cc2c(nc(-c3ccc(C)o3)n3nc(C(C)C)nc23)[nH]1.Cc1ccc(B2OC(C)(C)C(C)(C)O2)o1.Cc1ccc(S(=O)(=O)n2c(C)cc3c(N/N=C/C(C)C)nc(Cl)nc32)cc1.Cc1ccc(S(=O)(=O)n2c(C)cc3c2nc(-c2ccc(C)o2)n2c(C(C)C)nnc32)cc1.Cc1ccc(S(=O)(=O)n2c(C)cc3c2nc(Cl)n2c(C(C)C)nnc32)cc1.[2H][B]I.[Na+].[OH-]. The van der Waals surface area contributed by atoms with Crippen LogP contribution in [0.5, 0.6) is 0 Å². The number of nitrogens with one attached hydrogen (secondary N) is 2. The van der Waals surface area contributed by atoms with E-state index in [1.165, 1.54) is 17.6 Å². The fourth-order valence-corrected chi connectivity index (χ4v) is 18.7. The van der Waals surface area contributed by atoms with Crippen LogP contribution in [-0.2, 0) is 39.4 Å². The van der Waals surface area contributed by atoms with Gasteiger partial charge in [0.1, 0.15) is 34.5 Å². The summed E-state index contributed by atoms with van der Waals surface area (Å²) in [6, 6.07) is 38.8. The van der Waals surface area contributed by atoms with E-state index in [9.17, 15) is 25.3 Å². The average Bonchev–Trinajstić information content (AvgIpc) is 1.54. The third-order valence-corrected chi connectivity index (χ3v) is 26.6. The molecule has 1 saturated heterocycles. The van der Waals surface area contributed by atoms with E-state index in [1.807, 2.05) is 187 Å². The minimum Gasteiger partial charge on any atom is -0.870 e. The summed E-state index contributed by atoms with van der Waals surface area (Å²) >= 11 is 14.3. The van der Waals surface area contributed by atoms with Gasteiger partial charge < -0.3 is 33.0 Å². The van der Waals surface area contributed by atoms with E-state index in [0.29, 0.717) is 85.0 Å². The second-order valence-electron chi connectivity index (χ2n) is 32.7. The molecular weight excluding hydrogens is 1840 g/mol. The molecule has 18 rings (SSSR count). The third kappa shape index (κ3) is 19.5. The first-order chi connectivity index (χ1) is 59.3. The van der Waals surface area contributed by atoms with Crippen molar-refractivity contribution >= 4 is 167 Å². The summed E-state index contributed by atoms with van der Waals surface area (Å²) in [4.78, 5) is 30.7.